The third kappa shape index (κ3) is 5.30. The molecule has 0 radical (unpaired) electrons. The minimum Gasteiger partial charge on any atom is -0.449 e. The second-order valence-corrected chi connectivity index (χ2v) is 9.88. The number of aliphatic hydroxyl groups is 1. The predicted molar refractivity (Wildman–Crippen MR) is 125 cm³/mol. The molecule has 0 spiro atoms. The van der Waals surface area contributed by atoms with Crippen molar-refractivity contribution in [3.05, 3.63) is 59.7 Å². The van der Waals surface area contributed by atoms with Gasteiger partial charge in [0, 0.05) is 19.0 Å². The monoisotopic (exact) mass is 452 g/mol. The van der Waals surface area contributed by atoms with E-state index in [2.05, 4.69) is 29.6 Å². The van der Waals surface area contributed by atoms with Crippen molar-refractivity contribution >= 4 is 12.2 Å². The number of alkyl carbamates (subject to hydrolysis) is 1. The summed E-state index contributed by atoms with van der Waals surface area (Å²) in [6, 6.07) is 16.4. The topological polar surface area (TPSA) is 88.1 Å². The number of hydrogen-bond acceptors (Lipinski definition) is 5. The summed E-state index contributed by atoms with van der Waals surface area (Å²) >= 11 is 0. The first-order valence-corrected chi connectivity index (χ1v) is 11.4. The zero-order chi connectivity index (χ0) is 23.6. The van der Waals surface area contributed by atoms with Crippen LogP contribution in [0.1, 0.15) is 50.7 Å². The maximum absolute atomic E-state index is 12.3. The van der Waals surface area contributed by atoms with Crippen molar-refractivity contribution in [1.29, 1.82) is 0 Å². The van der Waals surface area contributed by atoms with Gasteiger partial charge in [0.1, 0.15) is 12.2 Å². The van der Waals surface area contributed by atoms with Gasteiger partial charge in [-0.3, -0.25) is 0 Å². The number of carbonyl (C=O) groups is 2. The molecule has 2 aromatic rings. The Labute approximate surface area is 194 Å². The van der Waals surface area contributed by atoms with E-state index in [0.29, 0.717) is 19.4 Å². The van der Waals surface area contributed by atoms with Crippen molar-refractivity contribution in [3.63, 3.8) is 0 Å². The van der Waals surface area contributed by atoms with Crippen LogP contribution < -0.4 is 5.32 Å². The van der Waals surface area contributed by atoms with Crippen molar-refractivity contribution in [2.24, 2.45) is 0 Å². The molecule has 1 unspecified atom stereocenters. The van der Waals surface area contributed by atoms with Crippen LogP contribution in [-0.4, -0.2) is 59.6 Å². The van der Waals surface area contributed by atoms with Crippen molar-refractivity contribution in [3.8, 4) is 11.1 Å². The smallest absolute Gasteiger partial charge is 0.410 e. The minimum atomic E-state index is -1.05. The quantitative estimate of drug-likeness (QED) is 0.707. The van der Waals surface area contributed by atoms with Gasteiger partial charge in [0.25, 0.3) is 0 Å². The van der Waals surface area contributed by atoms with E-state index in [1.807, 2.05) is 45.0 Å². The number of ether oxygens (including phenoxy) is 2. The van der Waals surface area contributed by atoms with Crippen LogP contribution in [0.5, 0.6) is 0 Å². The van der Waals surface area contributed by atoms with Crippen LogP contribution in [-0.2, 0) is 9.47 Å². The largest absolute Gasteiger partial charge is 0.449 e. The number of fused-ring (bicyclic) bond motifs is 3. The minimum absolute atomic E-state index is 0.00422. The van der Waals surface area contributed by atoms with Crippen LogP contribution in [0, 0.1) is 0 Å². The lowest BCUT2D eigenvalue weighted by molar-refractivity contribution is 0.0126. The molecule has 1 saturated heterocycles. The summed E-state index contributed by atoms with van der Waals surface area (Å²) in [7, 11) is 0. The Morgan fingerprint density at radius 2 is 1.70 bits per heavy atom. The van der Waals surface area contributed by atoms with Gasteiger partial charge in [-0.25, -0.2) is 9.59 Å². The molecule has 2 aliphatic rings. The highest BCUT2D eigenvalue weighted by molar-refractivity contribution is 5.79. The third-order valence-electron chi connectivity index (χ3n) is 6.19. The van der Waals surface area contributed by atoms with Crippen LogP contribution in [0.2, 0.25) is 0 Å². The van der Waals surface area contributed by atoms with E-state index >= 15 is 0 Å². The average Bonchev–Trinajstić information content (AvgIpc) is 3.30. The Morgan fingerprint density at radius 3 is 2.30 bits per heavy atom. The van der Waals surface area contributed by atoms with E-state index in [-0.39, 0.29) is 25.6 Å². The van der Waals surface area contributed by atoms with Crippen molar-refractivity contribution in [1.82, 2.24) is 10.2 Å². The van der Waals surface area contributed by atoms with Gasteiger partial charge in [-0.1, -0.05) is 48.5 Å². The van der Waals surface area contributed by atoms with E-state index in [0.717, 1.165) is 11.1 Å². The van der Waals surface area contributed by atoms with E-state index in [1.54, 1.807) is 0 Å². The van der Waals surface area contributed by atoms with E-state index in [1.165, 1.54) is 16.0 Å². The Bertz CT molecular complexity index is 986. The Balaban J connectivity index is 1.25. The number of rotatable bonds is 5. The summed E-state index contributed by atoms with van der Waals surface area (Å²) in [6.45, 7) is 6.55. The highest BCUT2D eigenvalue weighted by Crippen LogP contribution is 2.44. The fourth-order valence-electron chi connectivity index (χ4n) is 4.59. The molecule has 0 bridgehead atoms. The lowest BCUT2D eigenvalue weighted by Gasteiger charge is -2.26. The molecule has 1 aliphatic heterocycles. The second-order valence-electron chi connectivity index (χ2n) is 9.88. The Hall–Kier alpha value is -3.06. The van der Waals surface area contributed by atoms with Gasteiger partial charge in [-0.2, -0.15) is 0 Å². The number of benzene rings is 2. The maximum Gasteiger partial charge on any atom is 0.410 e. The van der Waals surface area contributed by atoms with Gasteiger partial charge in [0.2, 0.25) is 0 Å². The second kappa shape index (κ2) is 9.06. The first-order chi connectivity index (χ1) is 15.7. The molecule has 176 valence electrons. The number of carbonyl (C=O) groups excluding carboxylic acids is 2. The molecular formula is C26H32N2O5. The summed E-state index contributed by atoms with van der Waals surface area (Å²) in [6.07, 6.45) is -0.167. The average molecular weight is 453 g/mol. The number of nitrogens with one attached hydrogen (secondary N) is 1. The molecule has 1 atom stereocenters. The SMILES string of the molecule is CC(C)(C)OC(=O)N1CCC(O)(CCNC(=O)OCC2c3ccccc3-c3ccccc32)C1. The van der Waals surface area contributed by atoms with Crippen LogP contribution in [0.4, 0.5) is 9.59 Å². The van der Waals surface area contributed by atoms with E-state index in [9.17, 15) is 14.7 Å². The van der Waals surface area contributed by atoms with Crippen molar-refractivity contribution < 1.29 is 24.2 Å². The van der Waals surface area contributed by atoms with Gasteiger partial charge in [0.15, 0.2) is 0 Å². The van der Waals surface area contributed by atoms with Gasteiger partial charge >= 0.3 is 12.2 Å². The number of β-amino-alcohol motifs (C(OH)–C–C–N with tert-alkyl or cyclic N) is 1. The number of likely N-dealkylation sites (tertiary alicyclic amines) is 1. The zero-order valence-corrected chi connectivity index (χ0v) is 19.5. The number of amides is 2. The van der Waals surface area contributed by atoms with Crippen LogP contribution >= 0.6 is 0 Å². The summed E-state index contributed by atoms with van der Waals surface area (Å²) < 4.78 is 10.9. The lowest BCUT2D eigenvalue weighted by Crippen LogP contribution is -2.41. The Morgan fingerprint density at radius 1 is 1.09 bits per heavy atom. The van der Waals surface area contributed by atoms with Gasteiger partial charge in [0.05, 0.1) is 12.1 Å². The van der Waals surface area contributed by atoms with Gasteiger partial charge < -0.3 is 24.8 Å². The van der Waals surface area contributed by atoms with Gasteiger partial charge in [-0.05, 0) is 55.9 Å². The molecule has 2 amide bonds. The van der Waals surface area contributed by atoms with Gasteiger partial charge in [-0.15, -0.1) is 0 Å². The first kappa shape index (κ1) is 23.1. The molecule has 2 aromatic carbocycles. The fraction of sp³-hybridized carbons (Fsp3) is 0.462. The molecule has 0 aromatic heterocycles. The summed E-state index contributed by atoms with van der Waals surface area (Å²) in [5, 5.41) is 13.5. The molecule has 1 fully saturated rings. The first-order valence-electron chi connectivity index (χ1n) is 11.4. The summed E-state index contributed by atoms with van der Waals surface area (Å²) in [5.41, 5.74) is 3.06. The molecular weight excluding hydrogens is 420 g/mol. The third-order valence-corrected chi connectivity index (χ3v) is 6.19. The van der Waals surface area contributed by atoms with Crippen LogP contribution in [0.3, 0.4) is 0 Å². The maximum atomic E-state index is 12.3. The number of hydrogen-bond donors (Lipinski definition) is 2. The summed E-state index contributed by atoms with van der Waals surface area (Å²) in [4.78, 5) is 26.1. The highest BCUT2D eigenvalue weighted by Gasteiger charge is 2.39. The number of nitrogens with zero attached hydrogens (tertiary/aromatic N) is 1. The van der Waals surface area contributed by atoms with E-state index < -0.39 is 23.4 Å². The molecule has 4 rings (SSSR count). The van der Waals surface area contributed by atoms with Crippen LogP contribution in [0.15, 0.2) is 48.5 Å². The molecule has 7 nitrogen and oxygen atoms in total. The van der Waals surface area contributed by atoms with E-state index in [4.69, 9.17) is 9.47 Å². The predicted octanol–water partition coefficient (Wildman–Crippen LogP) is 4.29. The lowest BCUT2D eigenvalue weighted by atomic mass is 9.98. The van der Waals surface area contributed by atoms with Crippen LogP contribution in [0.25, 0.3) is 11.1 Å². The molecule has 2 N–H and O–H groups in total. The normalized spacial score (nSPS) is 19.7. The molecule has 1 aliphatic carbocycles. The molecule has 33 heavy (non-hydrogen) atoms. The standard InChI is InChI=1S/C26H32N2O5/c1-25(2,3)33-24(30)28-15-13-26(31,17-28)12-14-27-23(29)32-16-22-20-10-6-4-8-18(20)19-9-5-7-11-21(19)22/h4-11,22,31H,12-17H2,1-3H3,(H,27,29). The molecule has 7 heteroatoms. The van der Waals surface area contributed by atoms with Crippen molar-refractivity contribution in [2.45, 2.75) is 50.7 Å². The van der Waals surface area contributed by atoms with Crippen molar-refractivity contribution in [2.75, 3.05) is 26.2 Å². The highest BCUT2D eigenvalue weighted by atomic mass is 16.6. The fourth-order valence-corrected chi connectivity index (χ4v) is 4.59. The molecule has 1 heterocycles. The summed E-state index contributed by atoms with van der Waals surface area (Å²) in [5.74, 6) is 0.00422. The zero-order valence-electron chi connectivity index (χ0n) is 19.5. The molecule has 0 saturated carbocycles. The Kier molecular flexibility index (Phi) is 6.34.